The fourth-order valence-electron chi connectivity index (χ4n) is 2.74. The molecule has 2 aromatic heterocycles. The van der Waals surface area contributed by atoms with E-state index in [2.05, 4.69) is 15.5 Å². The number of thioether (sulfide) groups is 1. The lowest BCUT2D eigenvalue weighted by molar-refractivity contribution is -0.121. The summed E-state index contributed by atoms with van der Waals surface area (Å²) in [6.07, 6.45) is 1.64. The van der Waals surface area contributed by atoms with Gasteiger partial charge in [0.2, 0.25) is 5.91 Å². The van der Waals surface area contributed by atoms with Gasteiger partial charge in [0.15, 0.2) is 11.0 Å². The molecule has 0 aliphatic rings. The average molecular weight is 415 g/mol. The first-order valence-electron chi connectivity index (χ1n) is 9.35. The first kappa shape index (κ1) is 21.0. The van der Waals surface area contributed by atoms with Crippen LogP contribution < -0.4 is 10.1 Å². The topological polar surface area (TPSA) is 82.2 Å². The molecule has 0 aliphatic heterocycles. The Morgan fingerprint density at radius 1 is 1.28 bits per heavy atom. The first-order chi connectivity index (χ1) is 13.8. The van der Waals surface area contributed by atoms with Crippen molar-refractivity contribution in [1.82, 2.24) is 20.1 Å². The lowest BCUT2D eigenvalue weighted by Crippen LogP contribution is -2.44. The van der Waals surface area contributed by atoms with E-state index in [1.54, 1.807) is 13.4 Å². The molecular formula is C21H26N4O3S. The minimum absolute atomic E-state index is 0.0435. The smallest absolute Gasteiger partial charge is 0.233 e. The van der Waals surface area contributed by atoms with Crippen molar-refractivity contribution in [2.24, 2.45) is 0 Å². The highest BCUT2D eigenvalue weighted by molar-refractivity contribution is 8.00. The number of rotatable bonds is 7. The van der Waals surface area contributed by atoms with E-state index < -0.39 is 0 Å². The summed E-state index contributed by atoms with van der Waals surface area (Å²) in [6, 6.07) is 11.4. The maximum atomic E-state index is 12.5. The molecule has 0 spiro atoms. The van der Waals surface area contributed by atoms with E-state index in [0.29, 0.717) is 17.5 Å². The van der Waals surface area contributed by atoms with Gasteiger partial charge in [0.25, 0.3) is 0 Å². The second-order valence-corrected chi connectivity index (χ2v) is 9.01. The molecular weight excluding hydrogens is 388 g/mol. The zero-order chi connectivity index (χ0) is 21.0. The normalized spacial score (nSPS) is 12.6. The molecule has 1 atom stereocenters. The van der Waals surface area contributed by atoms with Crippen LogP contribution >= 0.6 is 11.8 Å². The summed E-state index contributed by atoms with van der Waals surface area (Å²) in [6.45, 7) is 8.21. The summed E-state index contributed by atoms with van der Waals surface area (Å²) in [7, 11) is 1.63. The minimum atomic E-state index is -0.327. The van der Waals surface area contributed by atoms with Crippen molar-refractivity contribution in [3.63, 3.8) is 0 Å². The number of hydrogen-bond donors (Lipinski definition) is 1. The molecule has 2 heterocycles. The molecule has 154 valence electrons. The summed E-state index contributed by atoms with van der Waals surface area (Å²) in [5, 5.41) is 12.1. The van der Waals surface area contributed by atoms with Gasteiger partial charge >= 0.3 is 0 Å². The molecule has 1 aromatic carbocycles. The summed E-state index contributed by atoms with van der Waals surface area (Å²) in [5.74, 6) is 2.16. The molecule has 1 unspecified atom stereocenters. The van der Waals surface area contributed by atoms with Crippen LogP contribution in [0.1, 0.15) is 33.5 Å². The highest BCUT2D eigenvalue weighted by Gasteiger charge is 2.24. The van der Waals surface area contributed by atoms with Crippen LogP contribution in [0.15, 0.2) is 52.2 Å². The van der Waals surface area contributed by atoms with E-state index in [4.69, 9.17) is 9.15 Å². The Kier molecular flexibility index (Phi) is 6.32. The van der Waals surface area contributed by atoms with Crippen LogP contribution in [0.2, 0.25) is 0 Å². The van der Waals surface area contributed by atoms with Crippen molar-refractivity contribution >= 4 is 17.7 Å². The average Bonchev–Trinajstić information content (AvgIpc) is 3.31. The molecule has 0 radical (unpaired) electrons. The van der Waals surface area contributed by atoms with Gasteiger partial charge in [-0.15, -0.1) is 10.2 Å². The summed E-state index contributed by atoms with van der Waals surface area (Å²) < 4.78 is 12.8. The van der Waals surface area contributed by atoms with Gasteiger partial charge in [0, 0.05) is 11.1 Å². The number of aromatic nitrogens is 3. The molecule has 0 saturated heterocycles. The SMILES string of the molecule is COc1cccc(-c2nnc(SC(C)C(=O)NC(C)(C)C)n2Cc2ccco2)c1. The van der Waals surface area contributed by atoms with Crippen molar-refractivity contribution in [1.29, 1.82) is 0 Å². The number of benzene rings is 1. The molecule has 0 bridgehead atoms. The van der Waals surface area contributed by atoms with Gasteiger partial charge < -0.3 is 14.5 Å². The van der Waals surface area contributed by atoms with Gasteiger partial charge in [-0.1, -0.05) is 23.9 Å². The fraction of sp³-hybridized carbons (Fsp3) is 0.381. The van der Waals surface area contributed by atoms with Gasteiger partial charge in [-0.3, -0.25) is 9.36 Å². The maximum absolute atomic E-state index is 12.5. The zero-order valence-corrected chi connectivity index (χ0v) is 18.1. The van der Waals surface area contributed by atoms with E-state index in [-0.39, 0.29) is 16.7 Å². The van der Waals surface area contributed by atoms with E-state index in [1.807, 2.05) is 68.7 Å². The zero-order valence-electron chi connectivity index (χ0n) is 17.3. The van der Waals surface area contributed by atoms with Gasteiger partial charge in [-0.25, -0.2) is 0 Å². The third-order valence-corrected chi connectivity index (χ3v) is 5.17. The summed E-state index contributed by atoms with van der Waals surface area (Å²) >= 11 is 1.37. The van der Waals surface area contributed by atoms with E-state index in [9.17, 15) is 4.79 Å². The Morgan fingerprint density at radius 2 is 2.07 bits per heavy atom. The number of carbonyl (C=O) groups is 1. The lowest BCUT2D eigenvalue weighted by Gasteiger charge is -2.22. The van der Waals surface area contributed by atoms with Crippen LogP contribution in [0.3, 0.4) is 0 Å². The van der Waals surface area contributed by atoms with Crippen LogP contribution in [-0.4, -0.2) is 38.6 Å². The minimum Gasteiger partial charge on any atom is -0.497 e. The van der Waals surface area contributed by atoms with Gasteiger partial charge in [-0.05, 0) is 52.0 Å². The molecule has 0 aliphatic carbocycles. The Hall–Kier alpha value is -2.74. The second kappa shape index (κ2) is 8.73. The van der Waals surface area contributed by atoms with Crippen molar-refractivity contribution in [3.05, 3.63) is 48.4 Å². The van der Waals surface area contributed by atoms with E-state index >= 15 is 0 Å². The van der Waals surface area contributed by atoms with Crippen LogP contribution in [0.5, 0.6) is 5.75 Å². The van der Waals surface area contributed by atoms with Crippen molar-refractivity contribution in [2.45, 2.75) is 50.2 Å². The van der Waals surface area contributed by atoms with E-state index in [0.717, 1.165) is 17.1 Å². The quantitative estimate of drug-likeness (QED) is 0.589. The third kappa shape index (κ3) is 5.41. The van der Waals surface area contributed by atoms with Crippen LogP contribution in [0.25, 0.3) is 11.4 Å². The Morgan fingerprint density at radius 3 is 2.72 bits per heavy atom. The highest BCUT2D eigenvalue weighted by Crippen LogP contribution is 2.29. The molecule has 7 nitrogen and oxygen atoms in total. The van der Waals surface area contributed by atoms with E-state index in [1.165, 1.54) is 11.8 Å². The highest BCUT2D eigenvalue weighted by atomic mass is 32.2. The molecule has 3 rings (SSSR count). The summed E-state index contributed by atoms with van der Waals surface area (Å²) in [5.41, 5.74) is 0.585. The number of ether oxygens (including phenoxy) is 1. The van der Waals surface area contributed by atoms with Gasteiger partial charge in [0.05, 0.1) is 25.2 Å². The van der Waals surface area contributed by atoms with Crippen molar-refractivity contribution < 1.29 is 13.9 Å². The van der Waals surface area contributed by atoms with Crippen LogP contribution in [0, 0.1) is 0 Å². The van der Waals surface area contributed by atoms with Crippen molar-refractivity contribution in [3.8, 4) is 17.1 Å². The fourth-order valence-corrected chi connectivity index (χ4v) is 3.58. The number of hydrogen-bond acceptors (Lipinski definition) is 6. The third-order valence-electron chi connectivity index (χ3n) is 4.09. The first-order valence-corrected chi connectivity index (χ1v) is 10.2. The molecule has 3 aromatic rings. The molecule has 1 amide bonds. The number of amides is 1. The van der Waals surface area contributed by atoms with Crippen LogP contribution in [-0.2, 0) is 11.3 Å². The monoisotopic (exact) mass is 414 g/mol. The Labute approximate surface area is 174 Å². The number of methoxy groups -OCH3 is 1. The number of furan rings is 1. The number of nitrogens with one attached hydrogen (secondary N) is 1. The van der Waals surface area contributed by atoms with Gasteiger partial charge in [-0.2, -0.15) is 0 Å². The predicted octanol–water partition coefficient (Wildman–Crippen LogP) is 3.99. The van der Waals surface area contributed by atoms with Gasteiger partial charge in [0.1, 0.15) is 11.5 Å². The number of carbonyl (C=O) groups excluding carboxylic acids is 1. The predicted molar refractivity (Wildman–Crippen MR) is 113 cm³/mol. The molecule has 8 heteroatoms. The molecule has 29 heavy (non-hydrogen) atoms. The van der Waals surface area contributed by atoms with Crippen LogP contribution in [0.4, 0.5) is 0 Å². The van der Waals surface area contributed by atoms with Crippen molar-refractivity contribution in [2.75, 3.05) is 7.11 Å². The number of nitrogens with zero attached hydrogens (tertiary/aromatic N) is 3. The molecule has 0 saturated carbocycles. The largest absolute Gasteiger partial charge is 0.497 e. The lowest BCUT2D eigenvalue weighted by atomic mass is 10.1. The molecule has 0 fully saturated rings. The summed E-state index contributed by atoms with van der Waals surface area (Å²) in [4.78, 5) is 12.5. The Balaban J connectivity index is 1.92. The standard InChI is InChI=1S/C21H26N4O3S/c1-14(19(26)22-21(2,3)4)29-20-24-23-18(15-8-6-9-16(12-15)27-5)25(20)13-17-10-7-11-28-17/h6-12,14H,13H2,1-5H3,(H,22,26). The second-order valence-electron chi connectivity index (χ2n) is 7.70. The molecule has 1 N–H and O–H groups in total. The maximum Gasteiger partial charge on any atom is 0.233 e. The Bertz CT molecular complexity index is 961.